The summed E-state index contributed by atoms with van der Waals surface area (Å²) < 4.78 is 31.6. The molecule has 0 saturated carbocycles. The van der Waals surface area contributed by atoms with E-state index in [0.29, 0.717) is 17.2 Å². The van der Waals surface area contributed by atoms with E-state index in [1.807, 2.05) is 18.2 Å². The Balaban J connectivity index is 2.28. The molecule has 0 saturated heterocycles. The molecule has 0 aliphatic carbocycles. The van der Waals surface area contributed by atoms with Gasteiger partial charge in [0, 0.05) is 6.26 Å². The first-order chi connectivity index (χ1) is 8.54. The molecule has 18 heavy (non-hydrogen) atoms. The van der Waals surface area contributed by atoms with Gasteiger partial charge in [-0.25, -0.2) is 8.42 Å². The van der Waals surface area contributed by atoms with Crippen LogP contribution in [0.1, 0.15) is 0 Å². The fraction of sp³-hybridized carbons (Fsp3) is 0.0769. The summed E-state index contributed by atoms with van der Waals surface area (Å²) >= 11 is 0. The van der Waals surface area contributed by atoms with Crippen LogP contribution < -0.4 is 4.74 Å². The summed E-state index contributed by atoms with van der Waals surface area (Å²) in [5.74, 6) is 1.04. The molecule has 5 heteroatoms. The maximum Gasteiger partial charge on any atom is 0.127 e. The summed E-state index contributed by atoms with van der Waals surface area (Å²) in [7, 11) is -3.45. The van der Waals surface area contributed by atoms with E-state index in [2.05, 4.69) is 4.72 Å². The van der Waals surface area contributed by atoms with E-state index in [0.717, 1.165) is 6.26 Å². The second kappa shape index (κ2) is 5.10. The lowest BCUT2D eigenvalue weighted by Gasteiger charge is -2.22. The highest BCUT2D eigenvalue weighted by atomic mass is 32.2. The lowest BCUT2D eigenvalue weighted by molar-refractivity contribution is 0.485. The number of sulfonamides is 1. The maximum absolute atomic E-state index is 11.2. The predicted molar refractivity (Wildman–Crippen MR) is 70.8 cm³/mol. The summed E-state index contributed by atoms with van der Waals surface area (Å²) in [4.78, 5) is 0. The van der Waals surface area contributed by atoms with Gasteiger partial charge in [-0.1, -0.05) is 42.1 Å². The van der Waals surface area contributed by atoms with Crippen LogP contribution in [0.15, 0.2) is 54.6 Å². The van der Waals surface area contributed by atoms with E-state index < -0.39 is 10.0 Å². The molecule has 0 heterocycles. The molecule has 0 amide bonds. The third kappa shape index (κ3) is 3.49. The van der Waals surface area contributed by atoms with Crippen LogP contribution in [0.3, 0.4) is 0 Å². The van der Waals surface area contributed by atoms with Crippen molar-refractivity contribution in [3.8, 4) is 11.5 Å². The van der Waals surface area contributed by atoms with Gasteiger partial charge in [0.05, 0.1) is 10.0 Å². The minimum absolute atomic E-state index is 0.295. The molecule has 0 atom stereocenters. The summed E-state index contributed by atoms with van der Waals surface area (Å²) in [6.45, 7) is 0. The Hall–Kier alpha value is -2.01. The van der Waals surface area contributed by atoms with Gasteiger partial charge in [-0.05, 0) is 18.2 Å². The van der Waals surface area contributed by atoms with E-state index in [-0.39, 0.29) is 0 Å². The van der Waals surface area contributed by atoms with Crippen molar-refractivity contribution in [2.24, 2.45) is 0 Å². The molecule has 2 aromatic carbocycles. The van der Waals surface area contributed by atoms with Crippen molar-refractivity contribution < 1.29 is 13.2 Å². The van der Waals surface area contributed by atoms with Crippen molar-refractivity contribution in [1.29, 1.82) is 0 Å². The minimum Gasteiger partial charge on any atom is -0.574 e. The first-order valence-electron chi connectivity index (χ1n) is 5.29. The highest BCUT2D eigenvalue weighted by Gasteiger charge is 1.99. The second-order valence-corrected chi connectivity index (χ2v) is 5.36. The van der Waals surface area contributed by atoms with Crippen LogP contribution in [0.4, 0.5) is 5.69 Å². The molecule has 2 rings (SSSR count). The molecule has 2 aromatic rings. The van der Waals surface area contributed by atoms with E-state index in [1.165, 1.54) is 0 Å². The molecule has 0 fully saturated rings. The smallest absolute Gasteiger partial charge is 0.127 e. The van der Waals surface area contributed by atoms with Crippen molar-refractivity contribution in [2.75, 3.05) is 6.26 Å². The van der Waals surface area contributed by atoms with Crippen LogP contribution in [0.2, 0.25) is 0 Å². The minimum atomic E-state index is -3.45. The molecule has 94 valence electrons. The predicted octanol–water partition coefficient (Wildman–Crippen LogP) is 3.44. The van der Waals surface area contributed by atoms with Crippen LogP contribution in [-0.4, -0.2) is 14.7 Å². The summed E-state index contributed by atoms with van der Waals surface area (Å²) in [6, 6.07) is 15.9. The van der Waals surface area contributed by atoms with Crippen molar-refractivity contribution in [3.05, 3.63) is 59.3 Å². The van der Waals surface area contributed by atoms with Crippen molar-refractivity contribution in [1.82, 2.24) is 0 Å². The second-order valence-electron chi connectivity index (χ2n) is 3.71. The molecular weight excluding hydrogens is 250 g/mol. The molecule has 0 N–H and O–H groups in total. The average Bonchev–Trinajstić information content (AvgIpc) is 2.31. The Labute approximate surface area is 106 Å². The topological polar surface area (TPSA) is 57.5 Å². The molecule has 0 radical (unpaired) electrons. The Bertz CT molecular complexity index is 624. The zero-order chi connectivity index (χ0) is 13.0. The van der Waals surface area contributed by atoms with Crippen molar-refractivity contribution >= 4 is 15.7 Å². The zero-order valence-electron chi connectivity index (χ0n) is 9.78. The molecule has 0 aliphatic heterocycles. The lowest BCUT2D eigenvalue weighted by atomic mass is 10.3. The van der Waals surface area contributed by atoms with Gasteiger partial charge in [0.2, 0.25) is 0 Å². The van der Waals surface area contributed by atoms with Gasteiger partial charge in [-0.3, -0.25) is 0 Å². The molecule has 4 nitrogen and oxygen atoms in total. The maximum atomic E-state index is 11.2. The van der Waals surface area contributed by atoms with Crippen LogP contribution in [0.25, 0.3) is 4.72 Å². The van der Waals surface area contributed by atoms with Gasteiger partial charge in [0.1, 0.15) is 11.5 Å². The fourth-order valence-electron chi connectivity index (χ4n) is 1.41. The molecule has 0 unspecified atom stereocenters. The largest absolute Gasteiger partial charge is 0.574 e. The Kier molecular flexibility index (Phi) is 3.53. The van der Waals surface area contributed by atoms with E-state index >= 15 is 0 Å². The number of benzene rings is 2. The quantitative estimate of drug-likeness (QED) is 0.848. The molecule has 0 bridgehead atoms. The van der Waals surface area contributed by atoms with Gasteiger partial charge < -0.3 is 9.46 Å². The number of rotatable bonds is 4. The van der Waals surface area contributed by atoms with Crippen LogP contribution in [-0.2, 0) is 10.0 Å². The number of para-hydroxylation sites is 2. The van der Waals surface area contributed by atoms with Gasteiger partial charge in [0.15, 0.2) is 0 Å². The van der Waals surface area contributed by atoms with Crippen molar-refractivity contribution in [3.63, 3.8) is 0 Å². The summed E-state index contributed by atoms with van der Waals surface area (Å²) in [5, 5.41) is 0. The van der Waals surface area contributed by atoms with E-state index in [1.54, 1.807) is 36.4 Å². The Morgan fingerprint density at radius 1 is 0.944 bits per heavy atom. The Morgan fingerprint density at radius 3 is 2.22 bits per heavy atom. The summed E-state index contributed by atoms with van der Waals surface area (Å²) in [6.07, 6.45) is 1.05. The third-order valence-electron chi connectivity index (χ3n) is 2.10. The summed E-state index contributed by atoms with van der Waals surface area (Å²) in [5.41, 5.74) is 0.295. The van der Waals surface area contributed by atoms with E-state index in [9.17, 15) is 8.42 Å². The number of nitrogens with zero attached hydrogens (tertiary/aromatic N) is 1. The van der Waals surface area contributed by atoms with Gasteiger partial charge in [-0.2, -0.15) is 0 Å². The third-order valence-corrected chi connectivity index (χ3v) is 2.63. The Morgan fingerprint density at radius 2 is 1.56 bits per heavy atom. The fourth-order valence-corrected chi connectivity index (χ4v) is 1.92. The van der Waals surface area contributed by atoms with E-state index in [4.69, 9.17) is 4.74 Å². The normalized spacial score (nSPS) is 10.9. The number of hydrogen-bond acceptors (Lipinski definition) is 3. The zero-order valence-corrected chi connectivity index (χ0v) is 10.6. The monoisotopic (exact) mass is 262 g/mol. The number of hydrogen-bond donors (Lipinski definition) is 0. The molecule has 0 aromatic heterocycles. The lowest BCUT2D eigenvalue weighted by Crippen LogP contribution is -1.92. The molecule has 0 spiro atoms. The first kappa shape index (κ1) is 12.4. The van der Waals surface area contributed by atoms with Crippen LogP contribution in [0.5, 0.6) is 11.5 Å². The SMILES string of the molecule is CS(=O)(=O)[N-]c1ccccc1Oc1ccccc1. The molecular formula is C13H12NO3S-. The van der Waals surface area contributed by atoms with Crippen LogP contribution in [0, 0.1) is 0 Å². The van der Waals surface area contributed by atoms with Gasteiger partial charge in [0.25, 0.3) is 0 Å². The average molecular weight is 262 g/mol. The van der Waals surface area contributed by atoms with Gasteiger partial charge in [-0.15, -0.1) is 0 Å². The number of ether oxygens (including phenoxy) is 1. The highest BCUT2D eigenvalue weighted by molar-refractivity contribution is 7.93. The highest BCUT2D eigenvalue weighted by Crippen LogP contribution is 2.35. The van der Waals surface area contributed by atoms with Gasteiger partial charge >= 0.3 is 0 Å². The molecule has 0 aliphatic rings. The first-order valence-corrected chi connectivity index (χ1v) is 7.14. The van der Waals surface area contributed by atoms with Crippen molar-refractivity contribution in [2.45, 2.75) is 0 Å². The standard InChI is InChI=1S/C13H12NO3S/c1-18(15,16)14-12-9-5-6-10-13(12)17-11-7-3-2-4-8-11/h2-10H,1H3/q-1. The van der Waals surface area contributed by atoms with Crippen LogP contribution >= 0.6 is 0 Å².